The highest BCUT2D eigenvalue weighted by Crippen LogP contribution is 2.22. The van der Waals surface area contributed by atoms with Crippen LogP contribution in [0.5, 0.6) is 5.75 Å². The van der Waals surface area contributed by atoms with Gasteiger partial charge in [0.05, 0.1) is 12.0 Å². The highest BCUT2D eigenvalue weighted by atomic mass is 16.7. The second-order valence-corrected chi connectivity index (χ2v) is 4.07. The summed E-state index contributed by atoms with van der Waals surface area (Å²) in [5.74, 6) is -2.71. The quantitative estimate of drug-likeness (QED) is 0.642. The third kappa shape index (κ3) is 2.97. The molecule has 2 aromatic rings. The Labute approximate surface area is 122 Å². The molecule has 0 fully saturated rings. The van der Waals surface area contributed by atoms with Crippen LogP contribution in [0.2, 0.25) is 0 Å². The highest BCUT2D eigenvalue weighted by Gasteiger charge is 2.17. The van der Waals surface area contributed by atoms with E-state index < -0.39 is 30.0 Å². The Hall–Kier alpha value is -3.10. The van der Waals surface area contributed by atoms with Crippen LogP contribution >= 0.6 is 0 Å². The molecule has 22 heavy (non-hydrogen) atoms. The zero-order chi connectivity index (χ0) is 16.3. The summed E-state index contributed by atoms with van der Waals surface area (Å²) in [6.45, 7) is 0.827. The second-order valence-electron chi connectivity index (χ2n) is 4.07. The van der Waals surface area contributed by atoms with E-state index in [0.29, 0.717) is 4.57 Å². The monoisotopic (exact) mass is 309 g/mol. The van der Waals surface area contributed by atoms with Crippen LogP contribution in [0.4, 0.5) is 4.79 Å². The number of fused-ring (bicyclic) bond motifs is 1. The van der Waals surface area contributed by atoms with E-state index >= 15 is 0 Å². The summed E-state index contributed by atoms with van der Waals surface area (Å²) in [5, 5.41) is 8.60. The fourth-order valence-electron chi connectivity index (χ4n) is 1.75. The first-order chi connectivity index (χ1) is 10.4. The molecule has 1 N–H and O–H groups in total. The lowest BCUT2D eigenvalue weighted by molar-refractivity contribution is -0.137. The highest BCUT2D eigenvalue weighted by molar-refractivity contribution is 5.83. The zero-order valence-electron chi connectivity index (χ0n) is 11.4. The molecular weight excluding hydrogens is 298 g/mol. The minimum absolute atomic E-state index is 0.0823. The average molecular weight is 309 g/mol. The molecule has 0 atom stereocenters. The molecule has 0 saturated heterocycles. The van der Waals surface area contributed by atoms with Gasteiger partial charge in [-0.2, -0.15) is 0 Å². The van der Waals surface area contributed by atoms with Crippen molar-refractivity contribution in [3.8, 4) is 5.75 Å². The summed E-state index contributed by atoms with van der Waals surface area (Å²) in [6, 6.07) is 4.02. The molecule has 0 aliphatic carbocycles. The van der Waals surface area contributed by atoms with E-state index in [1.807, 2.05) is 0 Å². The maximum Gasteiger partial charge on any atom is 0.513 e. The van der Waals surface area contributed by atoms with E-state index in [1.165, 1.54) is 18.2 Å². The molecule has 2 rings (SSSR count). The number of nitrogens with zero attached hydrogens (tertiary/aromatic N) is 1. The minimum Gasteiger partial charge on any atom is -0.480 e. The van der Waals surface area contributed by atoms with Crippen LogP contribution < -0.4 is 16.1 Å². The predicted octanol–water partition coefficient (Wildman–Crippen LogP) is 0.575. The first-order valence-corrected chi connectivity index (χ1v) is 6.17. The van der Waals surface area contributed by atoms with Gasteiger partial charge < -0.3 is 19.0 Å². The molecule has 0 saturated carbocycles. The first kappa shape index (κ1) is 15.3. The van der Waals surface area contributed by atoms with Crippen LogP contribution in [0.3, 0.4) is 0 Å². The van der Waals surface area contributed by atoms with E-state index in [0.717, 1.165) is 0 Å². The molecular formula is C13H11NO8. The molecule has 0 aliphatic rings. The lowest BCUT2D eigenvalue weighted by atomic mass is 10.2. The third-order valence-corrected chi connectivity index (χ3v) is 2.61. The molecule has 0 amide bonds. The normalized spacial score (nSPS) is 10.4. The molecule has 116 valence electrons. The molecule has 1 heterocycles. The van der Waals surface area contributed by atoms with E-state index in [2.05, 4.69) is 4.74 Å². The molecule has 1 aromatic carbocycles. The molecule has 9 nitrogen and oxygen atoms in total. The number of hydrogen-bond donors (Lipinski definition) is 1. The molecule has 0 radical (unpaired) electrons. The summed E-state index contributed by atoms with van der Waals surface area (Å²) < 4.78 is 14.8. The van der Waals surface area contributed by atoms with Crippen LogP contribution in [-0.4, -0.2) is 28.4 Å². The van der Waals surface area contributed by atoms with Crippen molar-refractivity contribution in [2.45, 2.75) is 13.5 Å². The number of carboxylic acid groups (broad SMARTS) is 1. The Bertz CT molecular complexity index is 847. The largest absolute Gasteiger partial charge is 0.513 e. The second kappa shape index (κ2) is 6.12. The van der Waals surface area contributed by atoms with Crippen LogP contribution in [0, 0.1) is 0 Å². The van der Waals surface area contributed by atoms with Gasteiger partial charge in [-0.1, -0.05) is 6.07 Å². The molecule has 9 heteroatoms. The van der Waals surface area contributed by atoms with Gasteiger partial charge in [-0.3, -0.25) is 9.59 Å². The summed E-state index contributed by atoms with van der Waals surface area (Å²) in [6.07, 6.45) is -1.02. The number of para-hydroxylation sites is 1. The Kier molecular flexibility index (Phi) is 4.25. The average Bonchev–Trinajstić information content (AvgIpc) is 2.44. The Morgan fingerprint density at radius 1 is 1.32 bits per heavy atom. The topological polar surface area (TPSA) is 125 Å². The lowest BCUT2D eigenvalue weighted by Crippen LogP contribution is -2.35. The molecule has 0 spiro atoms. The number of rotatable bonds is 4. The summed E-state index contributed by atoms with van der Waals surface area (Å²) >= 11 is 0. The smallest absolute Gasteiger partial charge is 0.480 e. The van der Waals surface area contributed by atoms with Gasteiger partial charge >= 0.3 is 17.9 Å². The van der Waals surface area contributed by atoms with Crippen molar-refractivity contribution in [2.75, 3.05) is 6.61 Å². The number of carbonyl (C=O) groups excluding carboxylic acids is 1. The molecule has 0 unspecified atom stereocenters. The van der Waals surface area contributed by atoms with E-state index in [9.17, 15) is 19.2 Å². The van der Waals surface area contributed by atoms with Gasteiger partial charge in [-0.15, -0.1) is 0 Å². The van der Waals surface area contributed by atoms with Gasteiger partial charge in [0.25, 0.3) is 5.56 Å². The van der Waals surface area contributed by atoms with Crippen molar-refractivity contribution in [1.82, 2.24) is 4.57 Å². The Balaban J connectivity index is 2.60. The molecule has 0 bridgehead atoms. The zero-order valence-corrected chi connectivity index (χ0v) is 11.4. The number of carboxylic acids is 1. The standard InChI is InChI=1S/C13H11NO8/c1-2-20-13(19)21-8-5-3-4-7-10(8)22-12(18)14(11(7)17)6-9(15)16/h3-5H,2,6H2,1H3,(H,15,16). The third-order valence-electron chi connectivity index (χ3n) is 2.61. The molecule has 1 aromatic heterocycles. The van der Waals surface area contributed by atoms with Crippen molar-refractivity contribution in [3.63, 3.8) is 0 Å². The van der Waals surface area contributed by atoms with Gasteiger partial charge in [0.15, 0.2) is 11.3 Å². The van der Waals surface area contributed by atoms with E-state index in [-0.39, 0.29) is 23.3 Å². The van der Waals surface area contributed by atoms with E-state index in [4.69, 9.17) is 14.3 Å². The maximum absolute atomic E-state index is 12.1. The Morgan fingerprint density at radius 2 is 2.05 bits per heavy atom. The van der Waals surface area contributed by atoms with Crippen molar-refractivity contribution in [1.29, 1.82) is 0 Å². The van der Waals surface area contributed by atoms with Gasteiger partial charge in [-0.25, -0.2) is 14.2 Å². The van der Waals surface area contributed by atoms with Crippen molar-refractivity contribution in [2.24, 2.45) is 0 Å². The maximum atomic E-state index is 12.1. The van der Waals surface area contributed by atoms with Crippen LogP contribution in [-0.2, 0) is 16.1 Å². The number of hydrogen-bond acceptors (Lipinski definition) is 7. The number of carbonyl (C=O) groups is 2. The van der Waals surface area contributed by atoms with Crippen LogP contribution in [0.1, 0.15) is 6.92 Å². The van der Waals surface area contributed by atoms with Gasteiger partial charge in [0.1, 0.15) is 6.54 Å². The number of benzene rings is 1. The van der Waals surface area contributed by atoms with Gasteiger partial charge in [0.2, 0.25) is 0 Å². The fraction of sp³-hybridized carbons (Fsp3) is 0.231. The van der Waals surface area contributed by atoms with Crippen molar-refractivity contribution >= 4 is 23.1 Å². The lowest BCUT2D eigenvalue weighted by Gasteiger charge is -2.07. The summed E-state index contributed by atoms with van der Waals surface area (Å²) in [7, 11) is 0. The van der Waals surface area contributed by atoms with Crippen molar-refractivity contribution < 1.29 is 28.6 Å². The van der Waals surface area contributed by atoms with Gasteiger partial charge in [0, 0.05) is 0 Å². The summed E-state index contributed by atoms with van der Waals surface area (Å²) in [4.78, 5) is 45.8. The predicted molar refractivity (Wildman–Crippen MR) is 72.0 cm³/mol. The van der Waals surface area contributed by atoms with E-state index in [1.54, 1.807) is 6.92 Å². The first-order valence-electron chi connectivity index (χ1n) is 6.17. The number of ether oxygens (including phenoxy) is 2. The minimum atomic E-state index is -1.37. The van der Waals surface area contributed by atoms with Gasteiger partial charge in [-0.05, 0) is 19.1 Å². The fourth-order valence-corrected chi connectivity index (χ4v) is 1.75. The van der Waals surface area contributed by atoms with Crippen molar-refractivity contribution in [3.05, 3.63) is 39.1 Å². The number of aromatic nitrogens is 1. The molecule has 0 aliphatic heterocycles. The number of aliphatic carboxylic acids is 1. The Morgan fingerprint density at radius 3 is 2.68 bits per heavy atom. The summed E-state index contributed by atoms with van der Waals surface area (Å²) in [5.41, 5.74) is -1.12. The van der Waals surface area contributed by atoms with Crippen LogP contribution in [0.15, 0.2) is 32.2 Å². The van der Waals surface area contributed by atoms with Crippen LogP contribution in [0.25, 0.3) is 11.0 Å². The SMILES string of the molecule is CCOC(=O)Oc1cccc2c(=O)n(CC(=O)O)c(=O)oc12.